The fourth-order valence-corrected chi connectivity index (χ4v) is 2.60. The Balaban J connectivity index is 2.27. The quantitative estimate of drug-likeness (QED) is 0.820. The van der Waals surface area contributed by atoms with Crippen LogP contribution in [-0.2, 0) is 0 Å². The summed E-state index contributed by atoms with van der Waals surface area (Å²) in [5.41, 5.74) is 6.61. The number of nitrogens with zero attached hydrogens (tertiary/aromatic N) is 1. The molecule has 0 unspecified atom stereocenters. The summed E-state index contributed by atoms with van der Waals surface area (Å²) >= 11 is 0. The van der Waals surface area contributed by atoms with Crippen LogP contribution in [0.15, 0.2) is 12.1 Å². The highest BCUT2D eigenvalue weighted by atomic mass is 19.1. The summed E-state index contributed by atoms with van der Waals surface area (Å²) in [6, 6.07) is 3.20. The second kappa shape index (κ2) is 4.96. The van der Waals surface area contributed by atoms with Crippen molar-refractivity contribution in [2.24, 2.45) is 0 Å². The van der Waals surface area contributed by atoms with Crippen LogP contribution in [0.4, 0.5) is 10.1 Å². The zero-order valence-electron chi connectivity index (χ0n) is 10.9. The first-order valence-electron chi connectivity index (χ1n) is 6.33. The average molecular weight is 250 g/mol. The van der Waals surface area contributed by atoms with Crippen LogP contribution in [0.2, 0.25) is 0 Å². The van der Waals surface area contributed by atoms with E-state index in [1.165, 1.54) is 6.07 Å². The van der Waals surface area contributed by atoms with E-state index in [4.69, 9.17) is 5.73 Å². The van der Waals surface area contributed by atoms with Crippen LogP contribution in [-0.4, -0.2) is 23.9 Å². The third-order valence-electron chi connectivity index (χ3n) is 3.70. The molecule has 4 heteroatoms. The summed E-state index contributed by atoms with van der Waals surface area (Å²) in [7, 11) is 1.75. The molecule has 18 heavy (non-hydrogen) atoms. The zero-order valence-corrected chi connectivity index (χ0v) is 10.9. The summed E-state index contributed by atoms with van der Waals surface area (Å²) in [5.74, 6) is -0.728. The Morgan fingerprint density at radius 2 is 2.00 bits per heavy atom. The Hall–Kier alpha value is -1.58. The van der Waals surface area contributed by atoms with Gasteiger partial charge in [-0.05, 0) is 37.5 Å². The van der Waals surface area contributed by atoms with Crippen LogP contribution in [0.25, 0.3) is 0 Å². The van der Waals surface area contributed by atoms with Gasteiger partial charge < -0.3 is 10.6 Å². The van der Waals surface area contributed by atoms with Crippen molar-refractivity contribution in [2.45, 2.75) is 38.6 Å². The zero-order chi connectivity index (χ0) is 13.3. The van der Waals surface area contributed by atoms with Gasteiger partial charge in [-0.1, -0.05) is 12.8 Å². The number of amides is 1. The molecular weight excluding hydrogens is 231 g/mol. The van der Waals surface area contributed by atoms with Gasteiger partial charge in [-0.2, -0.15) is 0 Å². The molecule has 0 aromatic heterocycles. The van der Waals surface area contributed by atoms with Gasteiger partial charge in [0.25, 0.3) is 5.91 Å². The number of aryl methyl sites for hydroxylation is 1. The Morgan fingerprint density at radius 3 is 2.61 bits per heavy atom. The minimum atomic E-state index is -0.459. The molecule has 98 valence electrons. The molecule has 1 fully saturated rings. The number of carbonyl (C=O) groups excluding carboxylic acids is 1. The summed E-state index contributed by atoms with van der Waals surface area (Å²) in [4.78, 5) is 13.9. The molecule has 0 saturated heterocycles. The van der Waals surface area contributed by atoms with E-state index in [2.05, 4.69) is 0 Å². The molecule has 1 amide bonds. The molecule has 1 aliphatic rings. The molecule has 0 spiro atoms. The van der Waals surface area contributed by atoms with Gasteiger partial charge in [-0.15, -0.1) is 0 Å². The largest absolute Gasteiger partial charge is 0.399 e. The average Bonchev–Trinajstić information content (AvgIpc) is 2.85. The van der Waals surface area contributed by atoms with Gasteiger partial charge in [-0.25, -0.2) is 4.39 Å². The smallest absolute Gasteiger partial charge is 0.256 e. The third-order valence-corrected chi connectivity index (χ3v) is 3.70. The van der Waals surface area contributed by atoms with Crippen LogP contribution in [0.3, 0.4) is 0 Å². The lowest BCUT2D eigenvalue weighted by Gasteiger charge is -2.24. The van der Waals surface area contributed by atoms with Crippen molar-refractivity contribution in [1.82, 2.24) is 4.90 Å². The normalized spacial score (nSPS) is 15.9. The predicted molar refractivity (Wildman–Crippen MR) is 69.9 cm³/mol. The molecule has 0 heterocycles. The van der Waals surface area contributed by atoms with Crippen molar-refractivity contribution in [2.75, 3.05) is 12.8 Å². The van der Waals surface area contributed by atoms with E-state index < -0.39 is 5.82 Å². The molecule has 1 aromatic carbocycles. The van der Waals surface area contributed by atoms with Crippen LogP contribution >= 0.6 is 0 Å². The predicted octanol–water partition coefficient (Wildman–Crippen LogP) is 2.73. The lowest BCUT2D eigenvalue weighted by molar-refractivity contribution is 0.0730. The van der Waals surface area contributed by atoms with Gasteiger partial charge in [0, 0.05) is 18.8 Å². The van der Waals surface area contributed by atoms with Gasteiger partial charge in [0.1, 0.15) is 5.82 Å². The standard InChI is InChI=1S/C14H19FN2O/c1-9-7-10(16)8-12(13(9)15)14(18)17(2)11-5-3-4-6-11/h7-8,11H,3-6,16H2,1-2H3. The first-order chi connectivity index (χ1) is 8.50. The molecule has 3 nitrogen and oxygen atoms in total. The van der Waals surface area contributed by atoms with Crippen molar-refractivity contribution in [1.29, 1.82) is 0 Å². The number of halogens is 1. The summed E-state index contributed by atoms with van der Waals surface area (Å²) in [6.07, 6.45) is 4.29. The second-order valence-corrected chi connectivity index (χ2v) is 5.05. The fourth-order valence-electron chi connectivity index (χ4n) is 2.60. The van der Waals surface area contributed by atoms with Crippen molar-refractivity contribution in [3.63, 3.8) is 0 Å². The van der Waals surface area contributed by atoms with Gasteiger partial charge in [0.2, 0.25) is 0 Å². The van der Waals surface area contributed by atoms with Gasteiger partial charge in [0.15, 0.2) is 0 Å². The number of nitrogen functional groups attached to an aromatic ring is 1. The molecule has 0 bridgehead atoms. The van der Waals surface area contributed by atoms with Crippen molar-refractivity contribution >= 4 is 11.6 Å². The van der Waals surface area contributed by atoms with E-state index >= 15 is 0 Å². The number of rotatable bonds is 2. The molecule has 2 rings (SSSR count). The molecule has 2 N–H and O–H groups in total. The first-order valence-corrected chi connectivity index (χ1v) is 6.33. The second-order valence-electron chi connectivity index (χ2n) is 5.05. The highest BCUT2D eigenvalue weighted by Gasteiger charge is 2.26. The van der Waals surface area contributed by atoms with Crippen LogP contribution in [0.1, 0.15) is 41.6 Å². The van der Waals surface area contributed by atoms with Gasteiger partial charge in [0.05, 0.1) is 5.56 Å². The van der Waals surface area contributed by atoms with Crippen LogP contribution in [0.5, 0.6) is 0 Å². The first kappa shape index (κ1) is 12.9. The van der Waals surface area contributed by atoms with E-state index in [-0.39, 0.29) is 17.5 Å². The summed E-state index contributed by atoms with van der Waals surface area (Å²) in [6.45, 7) is 1.62. The Morgan fingerprint density at radius 1 is 1.39 bits per heavy atom. The third kappa shape index (κ3) is 2.33. The molecule has 1 aliphatic carbocycles. The Bertz CT molecular complexity index is 467. The van der Waals surface area contributed by atoms with E-state index in [0.29, 0.717) is 11.3 Å². The SMILES string of the molecule is Cc1cc(N)cc(C(=O)N(C)C2CCCC2)c1F. The van der Waals surface area contributed by atoms with E-state index in [1.807, 2.05) is 0 Å². The number of benzene rings is 1. The lowest BCUT2D eigenvalue weighted by Crippen LogP contribution is -2.35. The highest BCUT2D eigenvalue weighted by Crippen LogP contribution is 2.25. The number of anilines is 1. The van der Waals surface area contributed by atoms with E-state index in [1.54, 1.807) is 24.9 Å². The monoisotopic (exact) mass is 250 g/mol. The van der Waals surface area contributed by atoms with Crippen molar-refractivity contribution < 1.29 is 9.18 Å². The Kier molecular flexibility index (Phi) is 3.55. The van der Waals surface area contributed by atoms with E-state index in [0.717, 1.165) is 25.7 Å². The van der Waals surface area contributed by atoms with Crippen LogP contribution in [0, 0.1) is 12.7 Å². The van der Waals surface area contributed by atoms with Gasteiger partial charge in [-0.3, -0.25) is 4.79 Å². The summed E-state index contributed by atoms with van der Waals surface area (Å²) in [5, 5.41) is 0. The van der Waals surface area contributed by atoms with Crippen molar-refractivity contribution in [3.8, 4) is 0 Å². The lowest BCUT2D eigenvalue weighted by atomic mass is 10.1. The molecule has 0 atom stereocenters. The van der Waals surface area contributed by atoms with Crippen molar-refractivity contribution in [3.05, 3.63) is 29.1 Å². The number of nitrogens with two attached hydrogens (primary N) is 1. The maximum Gasteiger partial charge on any atom is 0.256 e. The molecule has 0 radical (unpaired) electrons. The van der Waals surface area contributed by atoms with Gasteiger partial charge >= 0.3 is 0 Å². The topological polar surface area (TPSA) is 46.3 Å². The Labute approximate surface area is 107 Å². The number of carbonyl (C=O) groups is 1. The van der Waals surface area contributed by atoms with Crippen LogP contribution < -0.4 is 5.73 Å². The van der Waals surface area contributed by atoms with E-state index in [9.17, 15) is 9.18 Å². The minimum Gasteiger partial charge on any atom is -0.399 e. The maximum atomic E-state index is 14.0. The summed E-state index contributed by atoms with van der Waals surface area (Å²) < 4.78 is 14.0. The number of hydrogen-bond acceptors (Lipinski definition) is 2. The minimum absolute atomic E-state index is 0.0851. The highest BCUT2D eigenvalue weighted by molar-refractivity contribution is 5.95. The number of hydrogen-bond donors (Lipinski definition) is 1. The fraction of sp³-hybridized carbons (Fsp3) is 0.500. The molecule has 1 aromatic rings. The molecule has 0 aliphatic heterocycles. The maximum absolute atomic E-state index is 14.0. The molecular formula is C14H19FN2O. The molecule has 1 saturated carbocycles.